The van der Waals surface area contributed by atoms with Crippen molar-refractivity contribution in [1.82, 2.24) is 0 Å². The second kappa shape index (κ2) is 6.18. The molecule has 0 unspecified atom stereocenters. The van der Waals surface area contributed by atoms with E-state index in [-0.39, 0.29) is 18.1 Å². The number of hydrogen-bond donors (Lipinski definition) is 1. The first-order chi connectivity index (χ1) is 7.97. The topological polar surface area (TPSA) is 46.5 Å². The van der Waals surface area contributed by atoms with E-state index in [1.54, 1.807) is 12.1 Å². The fourth-order valence-electron chi connectivity index (χ4n) is 1.58. The van der Waals surface area contributed by atoms with Crippen LogP contribution >= 0.6 is 0 Å². The van der Waals surface area contributed by atoms with Gasteiger partial charge in [0.15, 0.2) is 0 Å². The number of aliphatic carboxylic acids is 1. The average molecular weight is 244 g/mol. The summed E-state index contributed by atoms with van der Waals surface area (Å²) in [6.45, 7) is -0.996. The Balaban J connectivity index is 2.53. The molecule has 17 heavy (non-hydrogen) atoms. The Hall–Kier alpha value is -1.65. The number of hydrogen-bond acceptors (Lipinski definition) is 2. The lowest BCUT2D eigenvalue weighted by Gasteiger charge is -2.09. The minimum atomic E-state index is -2.83. The third-order valence-corrected chi connectivity index (χ3v) is 2.26. The van der Waals surface area contributed by atoms with Crippen LogP contribution in [0.3, 0.4) is 0 Å². The summed E-state index contributed by atoms with van der Waals surface area (Å²) >= 11 is 0. The van der Waals surface area contributed by atoms with Gasteiger partial charge in [0.1, 0.15) is 5.75 Å². The van der Waals surface area contributed by atoms with Crippen LogP contribution < -0.4 is 4.74 Å². The minimum absolute atomic E-state index is 0.00867. The molecule has 0 heterocycles. The van der Waals surface area contributed by atoms with Gasteiger partial charge in [-0.25, -0.2) is 0 Å². The molecule has 0 saturated heterocycles. The van der Waals surface area contributed by atoms with Crippen molar-refractivity contribution in [3.8, 4) is 5.75 Å². The predicted molar refractivity (Wildman–Crippen MR) is 58.2 cm³/mol. The van der Waals surface area contributed by atoms with Crippen molar-refractivity contribution >= 4 is 5.97 Å². The molecule has 0 aliphatic rings. The Morgan fingerprint density at radius 1 is 1.35 bits per heavy atom. The average Bonchev–Trinajstić information content (AvgIpc) is 2.18. The molecule has 1 rings (SSSR count). The van der Waals surface area contributed by atoms with Gasteiger partial charge in [-0.1, -0.05) is 19.1 Å². The number of carbonyl (C=O) groups is 1. The van der Waals surface area contributed by atoms with Gasteiger partial charge in [-0.15, -0.1) is 0 Å². The van der Waals surface area contributed by atoms with Gasteiger partial charge in [-0.2, -0.15) is 8.78 Å². The number of ether oxygens (including phenoxy) is 1. The van der Waals surface area contributed by atoms with Crippen LogP contribution in [0.25, 0.3) is 0 Å². The van der Waals surface area contributed by atoms with E-state index in [2.05, 4.69) is 4.74 Å². The molecular weight excluding hydrogens is 230 g/mol. The van der Waals surface area contributed by atoms with Gasteiger partial charge in [-0.05, 0) is 30.0 Å². The van der Waals surface area contributed by atoms with E-state index < -0.39 is 12.6 Å². The van der Waals surface area contributed by atoms with Crippen molar-refractivity contribution in [3.05, 3.63) is 29.8 Å². The summed E-state index contributed by atoms with van der Waals surface area (Å²) in [7, 11) is 0. The zero-order valence-electron chi connectivity index (χ0n) is 9.40. The first kappa shape index (κ1) is 13.4. The standard InChI is InChI=1S/C12H14F2O3/c1-8(7-11(15)16)6-9-2-4-10(5-3-9)17-12(13)14/h2-5,8,12H,6-7H2,1H3,(H,15,16)/t8-/m0/s1. The lowest BCUT2D eigenvalue weighted by molar-refractivity contribution is -0.137. The molecule has 0 aliphatic heterocycles. The van der Waals surface area contributed by atoms with E-state index in [1.165, 1.54) is 12.1 Å². The lowest BCUT2D eigenvalue weighted by Crippen LogP contribution is -2.07. The van der Waals surface area contributed by atoms with Crippen LogP contribution in [0.2, 0.25) is 0 Å². The van der Waals surface area contributed by atoms with Crippen molar-refractivity contribution in [1.29, 1.82) is 0 Å². The van der Waals surface area contributed by atoms with Crippen molar-refractivity contribution in [2.45, 2.75) is 26.4 Å². The number of rotatable bonds is 6. The first-order valence-electron chi connectivity index (χ1n) is 5.23. The van der Waals surface area contributed by atoms with Crippen molar-refractivity contribution in [3.63, 3.8) is 0 Å². The monoisotopic (exact) mass is 244 g/mol. The summed E-state index contributed by atoms with van der Waals surface area (Å²) in [4.78, 5) is 10.5. The van der Waals surface area contributed by atoms with Gasteiger partial charge in [0, 0.05) is 6.42 Å². The third-order valence-electron chi connectivity index (χ3n) is 2.26. The highest BCUT2D eigenvalue weighted by Crippen LogP contribution is 2.18. The van der Waals surface area contributed by atoms with Crippen LogP contribution in [-0.4, -0.2) is 17.7 Å². The van der Waals surface area contributed by atoms with E-state index >= 15 is 0 Å². The lowest BCUT2D eigenvalue weighted by atomic mass is 9.98. The predicted octanol–water partition coefficient (Wildman–Crippen LogP) is 2.94. The van der Waals surface area contributed by atoms with Gasteiger partial charge < -0.3 is 9.84 Å². The van der Waals surface area contributed by atoms with Crippen LogP contribution in [0.15, 0.2) is 24.3 Å². The summed E-state index contributed by atoms with van der Waals surface area (Å²) in [6, 6.07) is 6.23. The Labute approximate surface area is 98.0 Å². The number of alkyl halides is 2. The summed E-state index contributed by atoms with van der Waals surface area (Å²) in [6.07, 6.45) is 0.691. The second-order valence-electron chi connectivity index (χ2n) is 3.93. The van der Waals surface area contributed by atoms with Crippen LogP contribution in [-0.2, 0) is 11.2 Å². The summed E-state index contributed by atoms with van der Waals surface area (Å²) < 4.78 is 28.0. The number of benzene rings is 1. The highest BCUT2D eigenvalue weighted by molar-refractivity contribution is 5.67. The maximum atomic E-state index is 11.9. The Morgan fingerprint density at radius 3 is 2.41 bits per heavy atom. The van der Waals surface area contributed by atoms with Gasteiger partial charge in [-0.3, -0.25) is 4.79 Å². The van der Waals surface area contributed by atoms with E-state index in [4.69, 9.17) is 5.11 Å². The molecule has 0 fully saturated rings. The van der Waals surface area contributed by atoms with Gasteiger partial charge in [0.25, 0.3) is 0 Å². The normalized spacial score (nSPS) is 12.5. The van der Waals surface area contributed by atoms with Gasteiger partial charge in [0.2, 0.25) is 0 Å². The van der Waals surface area contributed by atoms with Crippen LogP contribution in [0, 0.1) is 5.92 Å². The molecule has 3 nitrogen and oxygen atoms in total. The molecule has 0 aliphatic carbocycles. The molecule has 1 aromatic carbocycles. The van der Waals surface area contributed by atoms with Gasteiger partial charge >= 0.3 is 12.6 Å². The molecule has 1 N–H and O–H groups in total. The molecule has 5 heteroatoms. The van der Waals surface area contributed by atoms with Crippen molar-refractivity contribution < 1.29 is 23.4 Å². The Bertz CT molecular complexity index is 363. The largest absolute Gasteiger partial charge is 0.481 e. The maximum Gasteiger partial charge on any atom is 0.387 e. The molecule has 1 atom stereocenters. The number of carboxylic acids is 1. The second-order valence-corrected chi connectivity index (χ2v) is 3.93. The maximum absolute atomic E-state index is 11.9. The molecule has 1 aromatic rings. The minimum Gasteiger partial charge on any atom is -0.481 e. The zero-order chi connectivity index (χ0) is 12.8. The Kier molecular flexibility index (Phi) is 4.87. The molecule has 0 spiro atoms. The molecule has 0 saturated carbocycles. The highest BCUT2D eigenvalue weighted by atomic mass is 19.3. The quantitative estimate of drug-likeness (QED) is 0.836. The smallest absolute Gasteiger partial charge is 0.387 e. The first-order valence-corrected chi connectivity index (χ1v) is 5.23. The zero-order valence-corrected chi connectivity index (χ0v) is 9.40. The van der Waals surface area contributed by atoms with Crippen molar-refractivity contribution in [2.24, 2.45) is 5.92 Å². The summed E-state index contributed by atoms with van der Waals surface area (Å²) in [5.74, 6) is -0.723. The fourth-order valence-corrected chi connectivity index (χ4v) is 1.58. The molecule has 0 radical (unpaired) electrons. The summed E-state index contributed by atoms with van der Waals surface area (Å²) in [5.41, 5.74) is 0.903. The van der Waals surface area contributed by atoms with Crippen LogP contribution in [0.1, 0.15) is 18.9 Å². The molecular formula is C12H14F2O3. The van der Waals surface area contributed by atoms with E-state index in [9.17, 15) is 13.6 Å². The fraction of sp³-hybridized carbons (Fsp3) is 0.417. The SMILES string of the molecule is C[C@H](CC(=O)O)Cc1ccc(OC(F)F)cc1. The molecule has 94 valence electrons. The Morgan fingerprint density at radius 2 is 1.94 bits per heavy atom. The van der Waals surface area contributed by atoms with Gasteiger partial charge in [0.05, 0.1) is 0 Å². The molecule has 0 amide bonds. The molecule has 0 aromatic heterocycles. The molecule has 0 bridgehead atoms. The third kappa shape index (κ3) is 5.29. The highest BCUT2D eigenvalue weighted by Gasteiger charge is 2.09. The number of halogens is 2. The summed E-state index contributed by atoms with van der Waals surface area (Å²) in [5, 5.41) is 8.60. The van der Waals surface area contributed by atoms with E-state index in [0.717, 1.165) is 5.56 Å². The van der Waals surface area contributed by atoms with E-state index in [1.807, 2.05) is 6.92 Å². The number of carboxylic acid groups (broad SMARTS) is 1. The van der Waals surface area contributed by atoms with Crippen LogP contribution in [0.4, 0.5) is 8.78 Å². The van der Waals surface area contributed by atoms with E-state index in [0.29, 0.717) is 6.42 Å². The van der Waals surface area contributed by atoms with Crippen molar-refractivity contribution in [2.75, 3.05) is 0 Å². The van der Waals surface area contributed by atoms with Crippen LogP contribution in [0.5, 0.6) is 5.75 Å².